The fourth-order valence-corrected chi connectivity index (χ4v) is 4.75. The second-order valence-electron chi connectivity index (χ2n) is 11.6. The SMILES string of the molecule is CC(C)[C@H](N)C(=O)NCCCC(=O)O[C@@H](Cn1c(-c2ccc(Cl)cc2)nn(Cc2nc(C(N)=O)n(-c3ncccc3C(F)(F)F)n2)c1=O)C(F)(F)F. The first-order chi connectivity index (χ1) is 24.3. The molecular formula is C30H31ClF6N10O5. The number of carbonyl (C=O) groups excluding carboxylic acids is 3. The van der Waals surface area contributed by atoms with Gasteiger partial charge in [0.05, 0.1) is 12.6 Å². The second-order valence-corrected chi connectivity index (χ2v) is 12.0. The Morgan fingerprint density at radius 3 is 2.31 bits per heavy atom. The molecule has 0 saturated heterocycles. The van der Waals surface area contributed by atoms with Gasteiger partial charge in [0, 0.05) is 29.7 Å². The Morgan fingerprint density at radius 2 is 1.71 bits per heavy atom. The summed E-state index contributed by atoms with van der Waals surface area (Å²) in [6.45, 7) is 1.32. The summed E-state index contributed by atoms with van der Waals surface area (Å²) in [5, 5.41) is 10.7. The van der Waals surface area contributed by atoms with E-state index in [0.29, 0.717) is 20.0 Å². The Morgan fingerprint density at radius 1 is 1.04 bits per heavy atom. The number of hydrogen-bond donors (Lipinski definition) is 3. The molecule has 3 heterocycles. The fraction of sp³-hybridized carbons (Fsp3) is 0.400. The summed E-state index contributed by atoms with van der Waals surface area (Å²) >= 11 is 5.95. The highest BCUT2D eigenvalue weighted by atomic mass is 35.5. The van der Waals surface area contributed by atoms with Gasteiger partial charge in [-0.1, -0.05) is 25.4 Å². The van der Waals surface area contributed by atoms with Crippen LogP contribution < -0.4 is 22.5 Å². The lowest BCUT2D eigenvalue weighted by atomic mass is 10.1. The van der Waals surface area contributed by atoms with Gasteiger partial charge in [-0.25, -0.2) is 19.4 Å². The fourth-order valence-electron chi connectivity index (χ4n) is 4.63. The highest BCUT2D eigenvalue weighted by Gasteiger charge is 2.44. The maximum absolute atomic E-state index is 14.2. The molecule has 280 valence electrons. The first-order valence-corrected chi connectivity index (χ1v) is 15.7. The minimum Gasteiger partial charge on any atom is -0.451 e. The van der Waals surface area contributed by atoms with Crippen molar-refractivity contribution in [1.82, 2.24) is 39.4 Å². The molecule has 52 heavy (non-hydrogen) atoms. The molecule has 0 aliphatic rings. The summed E-state index contributed by atoms with van der Waals surface area (Å²) in [6, 6.07) is 6.27. The van der Waals surface area contributed by atoms with Crippen LogP contribution in [0.5, 0.6) is 0 Å². The summed E-state index contributed by atoms with van der Waals surface area (Å²) in [6.07, 6.45) is -12.6. The Bertz CT molecular complexity index is 1970. The summed E-state index contributed by atoms with van der Waals surface area (Å²) in [5.41, 5.74) is 8.66. The van der Waals surface area contributed by atoms with E-state index < -0.39 is 90.5 Å². The molecule has 3 aromatic heterocycles. The summed E-state index contributed by atoms with van der Waals surface area (Å²) in [4.78, 5) is 57.7. The monoisotopic (exact) mass is 760 g/mol. The average Bonchev–Trinajstić information content (AvgIpc) is 3.63. The number of aromatic nitrogens is 7. The second kappa shape index (κ2) is 15.9. The average molecular weight is 761 g/mol. The minimum absolute atomic E-state index is 0.0723. The normalized spacial score (nSPS) is 13.2. The quantitative estimate of drug-likeness (QED) is 0.0973. The van der Waals surface area contributed by atoms with E-state index in [4.69, 9.17) is 27.8 Å². The molecule has 0 bridgehead atoms. The summed E-state index contributed by atoms with van der Waals surface area (Å²) < 4.78 is 90.2. The van der Waals surface area contributed by atoms with Crippen molar-refractivity contribution in [2.75, 3.05) is 6.54 Å². The number of halogens is 7. The van der Waals surface area contributed by atoms with E-state index in [1.165, 1.54) is 24.3 Å². The number of esters is 1. The van der Waals surface area contributed by atoms with Gasteiger partial charge in [0.15, 0.2) is 17.5 Å². The van der Waals surface area contributed by atoms with Gasteiger partial charge in [-0.3, -0.25) is 19.0 Å². The molecule has 0 radical (unpaired) electrons. The predicted molar refractivity (Wildman–Crippen MR) is 170 cm³/mol. The third-order valence-corrected chi connectivity index (χ3v) is 7.60. The number of nitrogens with two attached hydrogens (primary N) is 2. The first-order valence-electron chi connectivity index (χ1n) is 15.3. The van der Waals surface area contributed by atoms with Crippen LogP contribution in [-0.2, 0) is 33.6 Å². The Balaban J connectivity index is 1.65. The molecule has 1 aromatic carbocycles. The van der Waals surface area contributed by atoms with Crippen LogP contribution in [0.25, 0.3) is 17.2 Å². The smallest absolute Gasteiger partial charge is 0.427 e. The van der Waals surface area contributed by atoms with Crippen LogP contribution in [0.1, 0.15) is 48.7 Å². The third-order valence-electron chi connectivity index (χ3n) is 7.35. The number of alkyl halides is 6. The van der Waals surface area contributed by atoms with Crippen molar-refractivity contribution in [1.29, 1.82) is 0 Å². The van der Waals surface area contributed by atoms with Gasteiger partial charge in [0.25, 0.3) is 5.91 Å². The minimum atomic E-state index is -5.18. The van der Waals surface area contributed by atoms with Crippen LogP contribution in [0.2, 0.25) is 5.02 Å². The zero-order valence-electron chi connectivity index (χ0n) is 27.3. The lowest BCUT2D eigenvalue weighted by Gasteiger charge is -2.21. The van der Waals surface area contributed by atoms with Crippen molar-refractivity contribution in [3.05, 3.63) is 75.3 Å². The van der Waals surface area contributed by atoms with E-state index in [-0.39, 0.29) is 35.3 Å². The molecule has 0 fully saturated rings. The number of hydrogen-bond acceptors (Lipinski definition) is 10. The van der Waals surface area contributed by atoms with Crippen molar-refractivity contribution in [2.45, 2.75) is 64.3 Å². The van der Waals surface area contributed by atoms with E-state index in [1.54, 1.807) is 13.8 Å². The molecular weight excluding hydrogens is 730 g/mol. The number of pyridine rings is 1. The van der Waals surface area contributed by atoms with Gasteiger partial charge in [-0.05, 0) is 48.7 Å². The highest BCUT2D eigenvalue weighted by Crippen LogP contribution is 2.33. The summed E-state index contributed by atoms with van der Waals surface area (Å²) in [5.74, 6) is -5.76. The van der Waals surface area contributed by atoms with Crippen molar-refractivity contribution in [2.24, 2.45) is 17.4 Å². The molecule has 5 N–H and O–H groups in total. The molecule has 15 nitrogen and oxygen atoms in total. The number of amides is 2. The third kappa shape index (κ3) is 9.51. The highest BCUT2D eigenvalue weighted by molar-refractivity contribution is 6.30. The molecule has 4 aromatic rings. The first kappa shape index (κ1) is 39.5. The van der Waals surface area contributed by atoms with E-state index in [2.05, 4.69) is 25.5 Å². The standard InChI is InChI=1S/C30H31ClF6N10O5/c1-15(2)22(38)27(50)41-12-4-6-21(48)52-19(30(35,36)37)13-45-24(16-7-9-17(31)10-8-16)44-46(28(45)51)14-20-42-26(23(39)49)47(43-20)25-18(29(32,33)34)5-3-11-40-25/h3,5,7-11,15,19,22H,4,6,12-14,38H2,1-2H3,(H2,39,49)(H,41,50)/t19-,22-/m0/s1. The van der Waals surface area contributed by atoms with Crippen molar-refractivity contribution in [3.8, 4) is 17.2 Å². The number of nitrogens with one attached hydrogen (secondary N) is 1. The van der Waals surface area contributed by atoms with E-state index >= 15 is 0 Å². The van der Waals surface area contributed by atoms with Crippen LogP contribution in [0.4, 0.5) is 26.3 Å². The van der Waals surface area contributed by atoms with E-state index in [9.17, 15) is 45.5 Å². The van der Waals surface area contributed by atoms with Crippen molar-refractivity contribution < 1.29 is 45.5 Å². The summed E-state index contributed by atoms with van der Waals surface area (Å²) in [7, 11) is 0. The van der Waals surface area contributed by atoms with Gasteiger partial charge in [-0.2, -0.15) is 31.0 Å². The number of ether oxygens (including phenoxy) is 1. The predicted octanol–water partition coefficient (Wildman–Crippen LogP) is 2.86. The van der Waals surface area contributed by atoms with Crippen molar-refractivity contribution in [3.63, 3.8) is 0 Å². The molecule has 4 rings (SSSR count). The Labute approximate surface area is 294 Å². The number of rotatable bonds is 14. The van der Waals surface area contributed by atoms with Crippen LogP contribution >= 0.6 is 11.6 Å². The van der Waals surface area contributed by atoms with Crippen LogP contribution in [0, 0.1) is 5.92 Å². The molecule has 22 heteroatoms. The molecule has 2 atom stereocenters. The molecule has 0 saturated carbocycles. The Hall–Kier alpha value is -5.31. The molecule has 2 amide bonds. The van der Waals surface area contributed by atoms with Crippen molar-refractivity contribution >= 4 is 29.4 Å². The van der Waals surface area contributed by atoms with Gasteiger partial charge in [0.2, 0.25) is 17.8 Å². The lowest BCUT2D eigenvalue weighted by molar-refractivity contribution is -0.224. The maximum atomic E-state index is 14.2. The maximum Gasteiger partial charge on any atom is 0.427 e. The van der Waals surface area contributed by atoms with Gasteiger partial charge < -0.3 is 21.5 Å². The van der Waals surface area contributed by atoms with Crippen LogP contribution in [0.3, 0.4) is 0 Å². The number of primary amides is 1. The zero-order chi connectivity index (χ0) is 38.5. The zero-order valence-corrected chi connectivity index (χ0v) is 28.0. The van der Waals surface area contributed by atoms with Gasteiger partial charge in [-0.15, -0.1) is 10.2 Å². The lowest BCUT2D eigenvalue weighted by Crippen LogP contribution is -2.44. The molecule has 0 spiro atoms. The number of carbonyl (C=O) groups is 3. The van der Waals surface area contributed by atoms with Crippen LogP contribution in [0.15, 0.2) is 47.4 Å². The molecule has 0 unspecified atom stereocenters. The van der Waals surface area contributed by atoms with Gasteiger partial charge in [0.1, 0.15) is 12.1 Å². The van der Waals surface area contributed by atoms with Crippen LogP contribution in [-0.4, -0.2) is 76.7 Å². The molecule has 0 aliphatic heterocycles. The largest absolute Gasteiger partial charge is 0.451 e. The Kier molecular flexibility index (Phi) is 12.1. The number of benzene rings is 1. The topological polar surface area (TPSA) is 208 Å². The van der Waals surface area contributed by atoms with Gasteiger partial charge >= 0.3 is 24.0 Å². The molecule has 0 aliphatic carbocycles. The van der Waals surface area contributed by atoms with E-state index in [0.717, 1.165) is 12.3 Å². The van der Waals surface area contributed by atoms with E-state index in [1.807, 2.05) is 0 Å². The number of nitrogens with zero attached hydrogens (tertiary/aromatic N) is 7.